The summed E-state index contributed by atoms with van der Waals surface area (Å²) in [5.74, 6) is 0.00602. The molecule has 0 aliphatic rings. The lowest BCUT2D eigenvalue weighted by Gasteiger charge is -2.12. The van der Waals surface area contributed by atoms with Gasteiger partial charge in [-0.15, -0.1) is 0 Å². The molecule has 13 heavy (non-hydrogen) atoms. The first kappa shape index (κ1) is 12.4. The second-order valence-electron chi connectivity index (χ2n) is 2.96. The normalized spacial score (nSPS) is 10.1. The molecule has 4 heteroatoms. The maximum absolute atomic E-state index is 11.2. The molecular formula is C9H19NO3. The van der Waals surface area contributed by atoms with E-state index < -0.39 is 0 Å². The van der Waals surface area contributed by atoms with E-state index in [0.717, 1.165) is 25.7 Å². The molecule has 0 fully saturated rings. The molecule has 0 saturated heterocycles. The Morgan fingerprint density at radius 1 is 1.31 bits per heavy atom. The van der Waals surface area contributed by atoms with Crippen molar-refractivity contribution in [2.75, 3.05) is 20.8 Å². The number of unbranched alkanes of at least 4 members (excludes halogenated alkanes) is 3. The van der Waals surface area contributed by atoms with Gasteiger partial charge in [-0.2, -0.15) is 0 Å². The van der Waals surface area contributed by atoms with Gasteiger partial charge < -0.3 is 5.11 Å². The van der Waals surface area contributed by atoms with E-state index in [4.69, 9.17) is 9.94 Å². The summed E-state index contributed by atoms with van der Waals surface area (Å²) < 4.78 is 0. The molecular weight excluding hydrogens is 170 g/mol. The Morgan fingerprint density at radius 2 is 1.92 bits per heavy atom. The quantitative estimate of drug-likeness (QED) is 0.479. The van der Waals surface area contributed by atoms with E-state index in [0.29, 0.717) is 6.42 Å². The van der Waals surface area contributed by atoms with Gasteiger partial charge in [0.15, 0.2) is 0 Å². The minimum absolute atomic E-state index is 0.00602. The van der Waals surface area contributed by atoms with Crippen LogP contribution in [-0.2, 0) is 9.63 Å². The van der Waals surface area contributed by atoms with Crippen molar-refractivity contribution in [3.63, 3.8) is 0 Å². The van der Waals surface area contributed by atoms with Crippen molar-refractivity contribution in [1.82, 2.24) is 5.06 Å². The summed E-state index contributed by atoms with van der Waals surface area (Å²) in [7, 11) is 3.08. The van der Waals surface area contributed by atoms with Crippen LogP contribution in [0.3, 0.4) is 0 Å². The maximum atomic E-state index is 11.2. The van der Waals surface area contributed by atoms with Crippen molar-refractivity contribution >= 4 is 5.91 Å². The number of nitrogens with zero attached hydrogens (tertiary/aromatic N) is 1. The van der Waals surface area contributed by atoms with Crippen LogP contribution >= 0.6 is 0 Å². The van der Waals surface area contributed by atoms with Crippen LogP contribution in [0.25, 0.3) is 0 Å². The van der Waals surface area contributed by atoms with E-state index in [-0.39, 0.29) is 12.5 Å². The largest absolute Gasteiger partial charge is 0.396 e. The van der Waals surface area contributed by atoms with E-state index in [1.54, 1.807) is 7.05 Å². The molecule has 0 aliphatic heterocycles. The molecule has 0 aromatic carbocycles. The fraction of sp³-hybridized carbons (Fsp3) is 0.889. The van der Waals surface area contributed by atoms with Crippen LogP contribution in [0.4, 0.5) is 0 Å². The van der Waals surface area contributed by atoms with Gasteiger partial charge in [-0.3, -0.25) is 9.63 Å². The Balaban J connectivity index is 3.27. The van der Waals surface area contributed by atoms with Gasteiger partial charge in [0.2, 0.25) is 5.91 Å². The lowest BCUT2D eigenvalue weighted by Crippen LogP contribution is -2.24. The molecule has 0 saturated carbocycles. The lowest BCUT2D eigenvalue weighted by atomic mass is 10.1. The number of carbonyl (C=O) groups is 1. The van der Waals surface area contributed by atoms with Gasteiger partial charge in [-0.25, -0.2) is 5.06 Å². The van der Waals surface area contributed by atoms with Gasteiger partial charge in [0.05, 0.1) is 7.11 Å². The summed E-state index contributed by atoms with van der Waals surface area (Å²) in [5.41, 5.74) is 0. The van der Waals surface area contributed by atoms with Gasteiger partial charge in [0, 0.05) is 20.1 Å². The van der Waals surface area contributed by atoms with E-state index >= 15 is 0 Å². The predicted molar refractivity (Wildman–Crippen MR) is 49.9 cm³/mol. The SMILES string of the molecule is CON(C)C(=O)CCCCCCO. The molecule has 0 spiro atoms. The molecule has 0 bridgehead atoms. The molecule has 0 aliphatic carbocycles. The van der Waals surface area contributed by atoms with Crippen molar-refractivity contribution in [1.29, 1.82) is 0 Å². The molecule has 0 heterocycles. The van der Waals surface area contributed by atoms with Crippen molar-refractivity contribution in [2.24, 2.45) is 0 Å². The number of aliphatic hydroxyl groups excluding tert-OH is 1. The van der Waals surface area contributed by atoms with Crippen molar-refractivity contribution < 1.29 is 14.7 Å². The van der Waals surface area contributed by atoms with Crippen LogP contribution in [0.1, 0.15) is 32.1 Å². The Labute approximate surface area is 79.4 Å². The van der Waals surface area contributed by atoms with Gasteiger partial charge in [0.1, 0.15) is 0 Å². The minimum atomic E-state index is 0.00602. The van der Waals surface area contributed by atoms with Crippen LogP contribution in [0.5, 0.6) is 0 Å². The zero-order valence-corrected chi connectivity index (χ0v) is 8.45. The second kappa shape index (κ2) is 8.01. The first-order chi connectivity index (χ1) is 6.22. The summed E-state index contributed by atoms with van der Waals surface area (Å²) in [4.78, 5) is 15.9. The number of hydrogen-bond donors (Lipinski definition) is 1. The maximum Gasteiger partial charge on any atom is 0.245 e. The highest BCUT2D eigenvalue weighted by Gasteiger charge is 2.06. The highest BCUT2D eigenvalue weighted by molar-refractivity contribution is 5.74. The van der Waals surface area contributed by atoms with Crippen molar-refractivity contribution in [3.8, 4) is 0 Å². The van der Waals surface area contributed by atoms with E-state index in [2.05, 4.69) is 0 Å². The summed E-state index contributed by atoms with van der Waals surface area (Å²) >= 11 is 0. The van der Waals surface area contributed by atoms with Crippen LogP contribution < -0.4 is 0 Å². The standard InChI is InChI=1S/C9H19NO3/c1-10(13-2)9(12)7-5-3-4-6-8-11/h11H,3-8H2,1-2H3. The number of aliphatic hydroxyl groups is 1. The Hall–Kier alpha value is -0.610. The smallest absolute Gasteiger partial charge is 0.245 e. The number of amides is 1. The van der Waals surface area contributed by atoms with E-state index in [1.807, 2.05) is 0 Å². The van der Waals surface area contributed by atoms with Crippen LogP contribution in [0, 0.1) is 0 Å². The number of hydroxylamine groups is 2. The molecule has 4 nitrogen and oxygen atoms in total. The third-order valence-electron chi connectivity index (χ3n) is 1.92. The summed E-state index contributed by atoms with van der Waals surface area (Å²) in [6, 6.07) is 0. The molecule has 78 valence electrons. The van der Waals surface area contributed by atoms with Crippen LogP contribution in [0.15, 0.2) is 0 Å². The van der Waals surface area contributed by atoms with Gasteiger partial charge in [0.25, 0.3) is 0 Å². The van der Waals surface area contributed by atoms with E-state index in [1.165, 1.54) is 12.2 Å². The summed E-state index contributed by atoms with van der Waals surface area (Å²) in [6.45, 7) is 0.242. The first-order valence-electron chi connectivity index (χ1n) is 4.64. The van der Waals surface area contributed by atoms with E-state index in [9.17, 15) is 4.79 Å². The molecule has 0 atom stereocenters. The lowest BCUT2D eigenvalue weighted by molar-refractivity contribution is -0.168. The molecule has 1 amide bonds. The van der Waals surface area contributed by atoms with Crippen molar-refractivity contribution in [3.05, 3.63) is 0 Å². The van der Waals surface area contributed by atoms with Crippen LogP contribution in [0.2, 0.25) is 0 Å². The van der Waals surface area contributed by atoms with Crippen LogP contribution in [-0.4, -0.2) is 36.8 Å². The average molecular weight is 189 g/mol. The highest BCUT2D eigenvalue weighted by Crippen LogP contribution is 2.04. The average Bonchev–Trinajstić information content (AvgIpc) is 2.16. The van der Waals surface area contributed by atoms with Gasteiger partial charge in [-0.05, 0) is 12.8 Å². The Bertz CT molecular complexity index is 139. The third kappa shape index (κ3) is 6.54. The highest BCUT2D eigenvalue weighted by atomic mass is 16.7. The number of carbonyl (C=O) groups excluding carboxylic acids is 1. The Morgan fingerprint density at radius 3 is 2.46 bits per heavy atom. The molecule has 0 rings (SSSR count). The second-order valence-corrected chi connectivity index (χ2v) is 2.96. The minimum Gasteiger partial charge on any atom is -0.396 e. The fourth-order valence-corrected chi connectivity index (χ4v) is 1.00. The Kier molecular flexibility index (Phi) is 7.63. The molecule has 0 radical (unpaired) electrons. The van der Waals surface area contributed by atoms with Gasteiger partial charge >= 0.3 is 0 Å². The summed E-state index contributed by atoms with van der Waals surface area (Å²) in [5, 5.41) is 9.75. The predicted octanol–water partition coefficient (Wildman–Crippen LogP) is 0.949. The topological polar surface area (TPSA) is 49.8 Å². The number of rotatable bonds is 7. The molecule has 0 aromatic rings. The zero-order chi connectivity index (χ0) is 10.1. The molecule has 0 aromatic heterocycles. The molecule has 1 N–H and O–H groups in total. The van der Waals surface area contributed by atoms with Crippen molar-refractivity contribution in [2.45, 2.75) is 32.1 Å². The zero-order valence-electron chi connectivity index (χ0n) is 8.45. The number of hydrogen-bond acceptors (Lipinski definition) is 3. The fourth-order valence-electron chi connectivity index (χ4n) is 1.00. The third-order valence-corrected chi connectivity index (χ3v) is 1.92. The summed E-state index contributed by atoms with van der Waals surface area (Å²) in [6.07, 6.45) is 4.20. The first-order valence-corrected chi connectivity index (χ1v) is 4.64. The van der Waals surface area contributed by atoms with Gasteiger partial charge in [-0.1, -0.05) is 12.8 Å². The molecule has 0 unspecified atom stereocenters. The monoisotopic (exact) mass is 189 g/mol.